The average molecular weight is 240 g/mol. The van der Waals surface area contributed by atoms with E-state index in [2.05, 4.69) is 9.97 Å². The van der Waals surface area contributed by atoms with Gasteiger partial charge in [0, 0.05) is 18.9 Å². The predicted molar refractivity (Wildman–Crippen MR) is 63.6 cm³/mol. The fourth-order valence-corrected chi connectivity index (χ4v) is 1.73. The van der Waals surface area contributed by atoms with Crippen LogP contribution in [0.1, 0.15) is 0 Å². The lowest BCUT2D eigenvalue weighted by molar-refractivity contribution is 0.0843. The maximum absolute atomic E-state index is 11.5. The van der Waals surface area contributed by atoms with Gasteiger partial charge >= 0.3 is 0 Å². The Hall–Kier alpha value is -1.47. The Labute approximate surface area is 97.4 Å². The van der Waals surface area contributed by atoms with Crippen molar-refractivity contribution in [2.45, 2.75) is 6.10 Å². The van der Waals surface area contributed by atoms with Crippen LogP contribution >= 0.6 is 12.2 Å². The molecule has 1 unspecified atom stereocenters. The lowest BCUT2D eigenvalue weighted by Gasteiger charge is -2.32. The molecule has 86 valence electrons. The zero-order valence-electron chi connectivity index (χ0n) is 8.55. The first-order valence-corrected chi connectivity index (χ1v) is 5.29. The van der Waals surface area contributed by atoms with Crippen LogP contribution in [0, 0.1) is 0 Å². The molecule has 2 heterocycles. The zero-order chi connectivity index (χ0) is 11.5. The van der Waals surface area contributed by atoms with Gasteiger partial charge in [-0.15, -0.1) is 0 Å². The number of aromatic nitrogens is 2. The summed E-state index contributed by atoms with van der Waals surface area (Å²) in [5.41, 5.74) is 5.30. The van der Waals surface area contributed by atoms with Crippen LogP contribution in [0.2, 0.25) is 0 Å². The van der Waals surface area contributed by atoms with Gasteiger partial charge in [-0.3, -0.25) is 4.79 Å². The van der Waals surface area contributed by atoms with Crippen molar-refractivity contribution in [2.24, 2.45) is 5.73 Å². The highest BCUT2D eigenvalue weighted by Gasteiger charge is 2.24. The molecule has 0 spiro atoms. The number of thiocarbonyl (C=S) groups is 1. The largest absolute Gasteiger partial charge is 0.391 e. The van der Waals surface area contributed by atoms with Gasteiger partial charge in [0.2, 0.25) is 0 Å². The summed E-state index contributed by atoms with van der Waals surface area (Å²) in [4.78, 5) is 20.3. The molecule has 1 saturated heterocycles. The van der Waals surface area contributed by atoms with E-state index in [-0.39, 0.29) is 11.7 Å². The van der Waals surface area contributed by atoms with Crippen molar-refractivity contribution in [3.8, 4) is 0 Å². The van der Waals surface area contributed by atoms with E-state index in [9.17, 15) is 4.79 Å². The minimum absolute atomic E-state index is 0.217. The standard InChI is InChI=1S/C9H12N4O2S/c10-7(16)6-5-13(3-4-15-6)8-9(14)12-2-1-11-8/h1-2,6H,3-5H2,(H2,10,16)(H,12,14). The quantitative estimate of drug-likeness (QED) is 0.662. The van der Waals surface area contributed by atoms with Crippen LogP contribution < -0.4 is 16.2 Å². The second-order valence-corrected chi connectivity index (χ2v) is 3.92. The van der Waals surface area contributed by atoms with Gasteiger partial charge < -0.3 is 20.4 Å². The minimum atomic E-state index is -0.315. The van der Waals surface area contributed by atoms with Crippen molar-refractivity contribution in [3.63, 3.8) is 0 Å². The van der Waals surface area contributed by atoms with Crippen LogP contribution in [0.5, 0.6) is 0 Å². The first-order valence-electron chi connectivity index (χ1n) is 4.88. The van der Waals surface area contributed by atoms with E-state index in [0.717, 1.165) is 0 Å². The number of hydrogen-bond acceptors (Lipinski definition) is 5. The molecule has 6 nitrogen and oxygen atoms in total. The van der Waals surface area contributed by atoms with Crippen molar-refractivity contribution in [1.29, 1.82) is 0 Å². The molecule has 0 aliphatic carbocycles. The molecular formula is C9H12N4O2S. The van der Waals surface area contributed by atoms with Gasteiger partial charge in [0.05, 0.1) is 13.2 Å². The maximum atomic E-state index is 11.5. The van der Waals surface area contributed by atoms with Crippen LogP contribution in [0.15, 0.2) is 17.2 Å². The van der Waals surface area contributed by atoms with Gasteiger partial charge in [0.15, 0.2) is 5.82 Å². The molecule has 1 fully saturated rings. The molecule has 1 aromatic heterocycles. The molecule has 0 amide bonds. The molecule has 0 radical (unpaired) electrons. The molecule has 2 rings (SSSR count). The van der Waals surface area contributed by atoms with Crippen molar-refractivity contribution < 1.29 is 4.74 Å². The van der Waals surface area contributed by atoms with Crippen molar-refractivity contribution in [3.05, 3.63) is 22.7 Å². The minimum Gasteiger partial charge on any atom is -0.391 e. The van der Waals surface area contributed by atoms with Gasteiger partial charge in [0.1, 0.15) is 11.1 Å². The summed E-state index contributed by atoms with van der Waals surface area (Å²) in [6, 6.07) is 0. The Morgan fingerprint density at radius 3 is 3.25 bits per heavy atom. The highest BCUT2D eigenvalue weighted by Crippen LogP contribution is 2.10. The molecule has 3 N–H and O–H groups in total. The summed E-state index contributed by atoms with van der Waals surface area (Å²) >= 11 is 4.87. The highest BCUT2D eigenvalue weighted by atomic mass is 32.1. The number of anilines is 1. The summed E-state index contributed by atoms with van der Waals surface area (Å²) in [5, 5.41) is 0. The summed E-state index contributed by atoms with van der Waals surface area (Å²) in [6.45, 7) is 1.56. The predicted octanol–water partition coefficient (Wildman–Crippen LogP) is -0.739. The van der Waals surface area contributed by atoms with Gasteiger partial charge in [0.25, 0.3) is 5.56 Å². The summed E-state index contributed by atoms with van der Waals surface area (Å²) in [7, 11) is 0. The Balaban J connectivity index is 2.19. The number of hydrogen-bond donors (Lipinski definition) is 2. The molecule has 0 aromatic carbocycles. The maximum Gasteiger partial charge on any atom is 0.290 e. The molecule has 1 aliphatic heterocycles. The number of rotatable bonds is 2. The molecule has 0 saturated carbocycles. The monoisotopic (exact) mass is 240 g/mol. The molecule has 1 aromatic rings. The fourth-order valence-electron chi connectivity index (χ4n) is 1.58. The summed E-state index contributed by atoms with van der Waals surface area (Å²) in [6.07, 6.45) is 2.73. The molecule has 16 heavy (non-hydrogen) atoms. The third-order valence-corrected chi connectivity index (χ3v) is 2.64. The van der Waals surface area contributed by atoms with Gasteiger partial charge in [-0.05, 0) is 0 Å². The number of nitrogens with two attached hydrogens (primary N) is 1. The average Bonchev–Trinajstić information content (AvgIpc) is 2.30. The number of H-pyrrole nitrogens is 1. The van der Waals surface area contributed by atoms with Gasteiger partial charge in [-0.25, -0.2) is 4.98 Å². The van der Waals surface area contributed by atoms with Crippen LogP contribution in [0.25, 0.3) is 0 Å². The number of morpholine rings is 1. The summed E-state index contributed by atoms with van der Waals surface area (Å²) < 4.78 is 5.38. The first kappa shape index (κ1) is 11.0. The van der Waals surface area contributed by atoms with E-state index in [1.54, 1.807) is 6.20 Å². The Morgan fingerprint density at radius 1 is 1.75 bits per heavy atom. The molecular weight excluding hydrogens is 228 g/mol. The van der Waals surface area contributed by atoms with E-state index in [0.29, 0.717) is 30.5 Å². The van der Waals surface area contributed by atoms with Gasteiger partial charge in [-0.1, -0.05) is 12.2 Å². The first-order chi connectivity index (χ1) is 7.68. The zero-order valence-corrected chi connectivity index (χ0v) is 9.37. The molecule has 7 heteroatoms. The van der Waals surface area contributed by atoms with E-state index in [1.807, 2.05) is 4.90 Å². The number of aromatic amines is 1. The SMILES string of the molecule is NC(=S)C1CN(c2ncc[nH]c2=O)CCO1. The summed E-state index contributed by atoms with van der Waals surface area (Å²) in [5.74, 6) is 0.382. The number of nitrogens with zero attached hydrogens (tertiary/aromatic N) is 2. The van der Waals surface area contributed by atoms with Crippen molar-refractivity contribution in [1.82, 2.24) is 9.97 Å². The molecule has 1 aliphatic rings. The Kier molecular flexibility index (Phi) is 3.16. The van der Waals surface area contributed by atoms with Crippen molar-refractivity contribution in [2.75, 3.05) is 24.6 Å². The second kappa shape index (κ2) is 4.58. The lowest BCUT2D eigenvalue weighted by atomic mass is 10.2. The van der Waals surface area contributed by atoms with E-state index >= 15 is 0 Å². The van der Waals surface area contributed by atoms with Crippen LogP contribution in [0.4, 0.5) is 5.82 Å². The van der Waals surface area contributed by atoms with Crippen LogP contribution in [-0.2, 0) is 4.74 Å². The number of nitrogens with one attached hydrogen (secondary N) is 1. The Bertz CT molecular complexity index is 447. The smallest absolute Gasteiger partial charge is 0.290 e. The number of ether oxygens (including phenoxy) is 1. The van der Waals surface area contributed by atoms with Crippen LogP contribution in [-0.4, -0.2) is 40.8 Å². The van der Waals surface area contributed by atoms with Gasteiger partial charge in [-0.2, -0.15) is 0 Å². The lowest BCUT2D eigenvalue weighted by Crippen LogP contribution is -2.49. The topological polar surface area (TPSA) is 84.2 Å². The third-order valence-electron chi connectivity index (χ3n) is 2.37. The second-order valence-electron chi connectivity index (χ2n) is 3.45. The fraction of sp³-hybridized carbons (Fsp3) is 0.444. The third kappa shape index (κ3) is 2.20. The molecule has 0 bridgehead atoms. The van der Waals surface area contributed by atoms with E-state index < -0.39 is 0 Å². The van der Waals surface area contributed by atoms with Crippen molar-refractivity contribution >= 4 is 23.0 Å². The molecule has 1 atom stereocenters. The normalized spacial score (nSPS) is 20.8. The van der Waals surface area contributed by atoms with E-state index in [4.69, 9.17) is 22.7 Å². The van der Waals surface area contributed by atoms with Crippen LogP contribution in [0.3, 0.4) is 0 Å². The Morgan fingerprint density at radius 2 is 2.56 bits per heavy atom. The van der Waals surface area contributed by atoms with E-state index in [1.165, 1.54) is 6.20 Å². The highest BCUT2D eigenvalue weighted by molar-refractivity contribution is 7.80.